The highest BCUT2D eigenvalue weighted by atomic mass is 16.5. The quantitative estimate of drug-likeness (QED) is 0.897. The summed E-state index contributed by atoms with van der Waals surface area (Å²) in [6, 6.07) is 8.88. The van der Waals surface area contributed by atoms with Crippen LogP contribution in [-0.4, -0.2) is 35.1 Å². The fraction of sp³-hybridized carbons (Fsp3) is 0.524. The summed E-state index contributed by atoms with van der Waals surface area (Å²) in [6.07, 6.45) is 2.08. The summed E-state index contributed by atoms with van der Waals surface area (Å²) in [6.45, 7) is 8.68. The van der Waals surface area contributed by atoms with E-state index in [9.17, 15) is 4.79 Å². The van der Waals surface area contributed by atoms with Gasteiger partial charge < -0.3 is 9.84 Å². The summed E-state index contributed by atoms with van der Waals surface area (Å²) in [7, 11) is 0. The average molecular weight is 353 g/mol. The molecule has 2 aliphatic rings. The second-order valence-corrected chi connectivity index (χ2v) is 7.90. The minimum Gasteiger partial charge on any atom is -0.361 e. The van der Waals surface area contributed by atoms with Crippen LogP contribution in [0.25, 0.3) is 0 Å². The van der Waals surface area contributed by atoms with Gasteiger partial charge in [0, 0.05) is 43.1 Å². The number of hydrogen-bond acceptors (Lipinski definition) is 4. The van der Waals surface area contributed by atoms with E-state index < -0.39 is 0 Å². The van der Waals surface area contributed by atoms with Gasteiger partial charge in [-0.1, -0.05) is 35.0 Å². The molecular formula is C21H27N3O2. The Balaban J connectivity index is 1.53. The van der Waals surface area contributed by atoms with E-state index in [0.717, 1.165) is 43.9 Å². The molecule has 0 radical (unpaired) electrons. The van der Waals surface area contributed by atoms with Crippen molar-refractivity contribution < 1.29 is 9.32 Å². The Labute approximate surface area is 154 Å². The highest BCUT2D eigenvalue weighted by Gasteiger charge is 2.38. The molecule has 1 amide bonds. The number of carbonyl (C=O) groups is 1. The number of benzene rings is 1. The minimum atomic E-state index is 0.159. The smallest absolute Gasteiger partial charge is 0.223 e. The van der Waals surface area contributed by atoms with Crippen LogP contribution in [0.4, 0.5) is 0 Å². The Kier molecular flexibility index (Phi) is 4.57. The van der Waals surface area contributed by atoms with Crippen LogP contribution in [-0.2, 0) is 11.3 Å². The molecule has 1 saturated carbocycles. The van der Waals surface area contributed by atoms with E-state index in [1.54, 1.807) is 0 Å². The Bertz CT molecular complexity index is 773. The third-order valence-electron chi connectivity index (χ3n) is 5.74. The summed E-state index contributed by atoms with van der Waals surface area (Å²) in [4.78, 5) is 14.8. The van der Waals surface area contributed by atoms with Crippen LogP contribution in [0.5, 0.6) is 0 Å². The van der Waals surface area contributed by atoms with Crippen LogP contribution >= 0.6 is 0 Å². The summed E-state index contributed by atoms with van der Waals surface area (Å²) >= 11 is 0. The van der Waals surface area contributed by atoms with Gasteiger partial charge in [0.1, 0.15) is 5.76 Å². The molecule has 0 bridgehead atoms. The molecule has 2 heterocycles. The van der Waals surface area contributed by atoms with Crippen LogP contribution in [0, 0.1) is 26.7 Å². The first kappa shape index (κ1) is 17.3. The molecule has 1 aliphatic heterocycles. The van der Waals surface area contributed by atoms with Gasteiger partial charge in [0.25, 0.3) is 0 Å². The second-order valence-electron chi connectivity index (χ2n) is 7.90. The monoisotopic (exact) mass is 353 g/mol. The van der Waals surface area contributed by atoms with Gasteiger partial charge in [-0.3, -0.25) is 9.69 Å². The summed E-state index contributed by atoms with van der Waals surface area (Å²) in [5.74, 6) is 1.68. The molecule has 2 atom stereocenters. The molecule has 2 fully saturated rings. The van der Waals surface area contributed by atoms with E-state index in [1.165, 1.54) is 16.7 Å². The zero-order valence-corrected chi connectivity index (χ0v) is 15.8. The molecule has 26 heavy (non-hydrogen) atoms. The Morgan fingerprint density at radius 2 is 1.92 bits per heavy atom. The van der Waals surface area contributed by atoms with Gasteiger partial charge in [-0.05, 0) is 39.2 Å². The van der Waals surface area contributed by atoms with Gasteiger partial charge in [-0.25, -0.2) is 0 Å². The molecule has 5 nitrogen and oxygen atoms in total. The van der Waals surface area contributed by atoms with Crippen LogP contribution in [0.3, 0.4) is 0 Å². The van der Waals surface area contributed by atoms with Crippen molar-refractivity contribution in [1.82, 2.24) is 15.4 Å². The maximum absolute atomic E-state index is 12.4. The zero-order chi connectivity index (χ0) is 18.3. The largest absolute Gasteiger partial charge is 0.361 e. The number of likely N-dealkylation sites (tertiary alicyclic amines) is 1. The SMILES string of the molecule is Cc1ccc([C@@H]2CN(Cc3c(C)noc3C)C[C@H]2NC(=O)C2CC2)cc1. The lowest BCUT2D eigenvalue weighted by molar-refractivity contribution is -0.123. The number of nitrogens with zero attached hydrogens (tertiary/aromatic N) is 2. The van der Waals surface area contributed by atoms with Crippen LogP contribution < -0.4 is 5.32 Å². The second kappa shape index (κ2) is 6.88. The van der Waals surface area contributed by atoms with Gasteiger partial charge in [0.2, 0.25) is 5.91 Å². The van der Waals surface area contributed by atoms with Crippen molar-refractivity contribution in [3.05, 3.63) is 52.4 Å². The van der Waals surface area contributed by atoms with E-state index in [0.29, 0.717) is 5.92 Å². The van der Waals surface area contributed by atoms with E-state index in [1.807, 2.05) is 13.8 Å². The first-order chi connectivity index (χ1) is 12.5. The Morgan fingerprint density at radius 1 is 1.19 bits per heavy atom. The minimum absolute atomic E-state index is 0.159. The van der Waals surface area contributed by atoms with Crippen molar-refractivity contribution in [2.75, 3.05) is 13.1 Å². The van der Waals surface area contributed by atoms with Crippen molar-refractivity contribution >= 4 is 5.91 Å². The molecule has 1 aromatic carbocycles. The van der Waals surface area contributed by atoms with Crippen LogP contribution in [0.1, 0.15) is 46.9 Å². The summed E-state index contributed by atoms with van der Waals surface area (Å²) in [5.41, 5.74) is 4.69. The molecule has 1 N–H and O–H groups in total. The van der Waals surface area contributed by atoms with E-state index >= 15 is 0 Å². The number of amides is 1. The Morgan fingerprint density at radius 3 is 2.54 bits per heavy atom. The van der Waals surface area contributed by atoms with Gasteiger partial charge >= 0.3 is 0 Å². The molecule has 0 spiro atoms. The average Bonchev–Trinajstić information content (AvgIpc) is 3.34. The molecule has 1 saturated heterocycles. The molecule has 0 unspecified atom stereocenters. The van der Waals surface area contributed by atoms with E-state index in [2.05, 4.69) is 46.6 Å². The topological polar surface area (TPSA) is 58.4 Å². The fourth-order valence-electron chi connectivity index (χ4n) is 3.91. The number of aryl methyl sites for hydroxylation is 3. The molecule has 2 aromatic rings. The van der Waals surface area contributed by atoms with Crippen LogP contribution in [0.15, 0.2) is 28.8 Å². The zero-order valence-electron chi connectivity index (χ0n) is 15.8. The van der Waals surface area contributed by atoms with Crippen molar-refractivity contribution in [3.8, 4) is 0 Å². The molecule has 1 aromatic heterocycles. The van der Waals surface area contributed by atoms with Gasteiger partial charge in [0.05, 0.1) is 5.69 Å². The van der Waals surface area contributed by atoms with E-state index in [-0.39, 0.29) is 17.9 Å². The van der Waals surface area contributed by atoms with Gasteiger partial charge in [0.15, 0.2) is 0 Å². The predicted molar refractivity (Wildman–Crippen MR) is 99.8 cm³/mol. The van der Waals surface area contributed by atoms with Crippen molar-refractivity contribution in [2.24, 2.45) is 5.92 Å². The molecular weight excluding hydrogens is 326 g/mol. The molecule has 5 heteroatoms. The lowest BCUT2D eigenvalue weighted by Crippen LogP contribution is -2.40. The van der Waals surface area contributed by atoms with Crippen molar-refractivity contribution in [2.45, 2.75) is 52.1 Å². The predicted octanol–water partition coefficient (Wildman–Crippen LogP) is 3.09. The maximum Gasteiger partial charge on any atom is 0.223 e. The van der Waals surface area contributed by atoms with Crippen LogP contribution in [0.2, 0.25) is 0 Å². The maximum atomic E-state index is 12.4. The standard InChI is InChI=1S/C21H27N3O2/c1-13-4-6-16(7-5-13)19-11-24(10-18-14(2)23-26-15(18)3)12-20(19)22-21(25)17-8-9-17/h4-7,17,19-20H,8-12H2,1-3H3,(H,22,25)/t19-,20+/m0/s1. The first-order valence-electron chi connectivity index (χ1n) is 9.52. The number of carbonyl (C=O) groups excluding carboxylic acids is 1. The lowest BCUT2D eigenvalue weighted by Gasteiger charge is -2.20. The summed E-state index contributed by atoms with van der Waals surface area (Å²) < 4.78 is 5.31. The molecule has 138 valence electrons. The first-order valence-corrected chi connectivity index (χ1v) is 9.52. The number of nitrogens with one attached hydrogen (secondary N) is 1. The molecule has 4 rings (SSSR count). The summed E-state index contributed by atoms with van der Waals surface area (Å²) in [5, 5.41) is 7.40. The third kappa shape index (κ3) is 3.54. The number of hydrogen-bond donors (Lipinski definition) is 1. The number of rotatable bonds is 5. The normalized spacial score (nSPS) is 23.3. The lowest BCUT2D eigenvalue weighted by atomic mass is 9.93. The Hall–Kier alpha value is -2.14. The van der Waals surface area contributed by atoms with Gasteiger partial charge in [-0.2, -0.15) is 0 Å². The van der Waals surface area contributed by atoms with Crippen molar-refractivity contribution in [1.29, 1.82) is 0 Å². The van der Waals surface area contributed by atoms with Gasteiger partial charge in [-0.15, -0.1) is 0 Å². The molecule has 1 aliphatic carbocycles. The third-order valence-corrected chi connectivity index (χ3v) is 5.74. The highest BCUT2D eigenvalue weighted by molar-refractivity contribution is 5.81. The fourth-order valence-corrected chi connectivity index (χ4v) is 3.91. The van der Waals surface area contributed by atoms with Crippen molar-refractivity contribution in [3.63, 3.8) is 0 Å². The highest BCUT2D eigenvalue weighted by Crippen LogP contribution is 2.33. The van der Waals surface area contributed by atoms with E-state index in [4.69, 9.17) is 4.52 Å². The number of aromatic nitrogens is 1.